The molecule has 0 aliphatic heterocycles. The van der Waals surface area contributed by atoms with Gasteiger partial charge in [0.05, 0.1) is 11.7 Å². The molecular formula is C16H16FN3O2. The maximum absolute atomic E-state index is 14.0. The Morgan fingerprint density at radius 2 is 2.27 bits per heavy atom. The second-order valence-corrected chi connectivity index (χ2v) is 4.70. The van der Waals surface area contributed by atoms with Crippen LogP contribution in [0.2, 0.25) is 0 Å². The first-order valence-corrected chi connectivity index (χ1v) is 6.63. The minimum atomic E-state index is -1.16. The zero-order chi connectivity index (χ0) is 16.1. The van der Waals surface area contributed by atoms with Crippen LogP contribution in [-0.4, -0.2) is 16.2 Å². The van der Waals surface area contributed by atoms with Gasteiger partial charge >= 0.3 is 6.09 Å². The summed E-state index contributed by atoms with van der Waals surface area (Å²) in [5.41, 5.74) is 7.44. The summed E-state index contributed by atoms with van der Waals surface area (Å²) in [7, 11) is 0. The molecule has 0 saturated carbocycles. The second kappa shape index (κ2) is 6.71. The van der Waals surface area contributed by atoms with Gasteiger partial charge in [-0.1, -0.05) is 12.1 Å². The summed E-state index contributed by atoms with van der Waals surface area (Å²) in [6.07, 6.45) is 2.29. The van der Waals surface area contributed by atoms with E-state index in [-0.39, 0.29) is 5.56 Å². The van der Waals surface area contributed by atoms with Crippen LogP contribution in [0.5, 0.6) is 0 Å². The lowest BCUT2D eigenvalue weighted by Gasteiger charge is -2.16. The largest absolute Gasteiger partial charge is 0.465 e. The van der Waals surface area contributed by atoms with E-state index in [9.17, 15) is 9.18 Å². The summed E-state index contributed by atoms with van der Waals surface area (Å²) in [4.78, 5) is 15.0. The van der Waals surface area contributed by atoms with Crippen LogP contribution < -0.4 is 11.1 Å². The predicted molar refractivity (Wildman–Crippen MR) is 82.8 cm³/mol. The highest BCUT2D eigenvalue weighted by molar-refractivity contribution is 5.77. The van der Waals surface area contributed by atoms with Crippen LogP contribution in [-0.2, 0) is 0 Å². The zero-order valence-electron chi connectivity index (χ0n) is 11.8. The Bertz CT molecular complexity index is 683. The molecule has 1 aromatic heterocycles. The molecule has 0 spiro atoms. The number of anilines is 1. The molecule has 0 aliphatic rings. The van der Waals surface area contributed by atoms with E-state index in [4.69, 9.17) is 10.8 Å². The number of hydrogen-bond acceptors (Lipinski definition) is 3. The molecule has 0 saturated heterocycles. The van der Waals surface area contributed by atoms with E-state index in [1.807, 2.05) is 0 Å². The van der Waals surface area contributed by atoms with E-state index in [0.717, 1.165) is 0 Å². The normalized spacial score (nSPS) is 11.7. The van der Waals surface area contributed by atoms with Crippen molar-refractivity contribution in [1.82, 2.24) is 10.3 Å². The topological polar surface area (TPSA) is 88.2 Å². The fourth-order valence-corrected chi connectivity index (χ4v) is 2.21. The average Bonchev–Trinajstić information content (AvgIpc) is 2.46. The molecule has 1 aromatic carbocycles. The van der Waals surface area contributed by atoms with Gasteiger partial charge in [-0.15, -0.1) is 6.58 Å². The van der Waals surface area contributed by atoms with Gasteiger partial charge < -0.3 is 16.2 Å². The van der Waals surface area contributed by atoms with Crippen LogP contribution in [0.25, 0.3) is 11.1 Å². The van der Waals surface area contributed by atoms with E-state index in [1.54, 1.807) is 24.3 Å². The Morgan fingerprint density at radius 3 is 2.91 bits per heavy atom. The van der Waals surface area contributed by atoms with Gasteiger partial charge in [0.25, 0.3) is 0 Å². The SMILES string of the molecule is C=CC[C@H](NC(=O)O)c1cc(-c2c(N)cccc2F)ccn1. The van der Waals surface area contributed by atoms with Gasteiger partial charge in [0.2, 0.25) is 0 Å². The number of carbonyl (C=O) groups is 1. The Labute approximate surface area is 127 Å². The molecule has 1 heterocycles. The minimum Gasteiger partial charge on any atom is -0.465 e. The number of nitrogens with two attached hydrogens (primary N) is 1. The highest BCUT2D eigenvalue weighted by atomic mass is 19.1. The lowest BCUT2D eigenvalue weighted by atomic mass is 10.0. The van der Waals surface area contributed by atoms with E-state index in [2.05, 4.69) is 16.9 Å². The van der Waals surface area contributed by atoms with Crippen LogP contribution in [0, 0.1) is 5.82 Å². The number of nitrogens with zero attached hydrogens (tertiary/aromatic N) is 1. The van der Waals surface area contributed by atoms with Gasteiger partial charge in [-0.05, 0) is 36.2 Å². The molecule has 4 N–H and O–H groups in total. The van der Waals surface area contributed by atoms with E-state index in [0.29, 0.717) is 23.4 Å². The first kappa shape index (κ1) is 15.5. The first-order valence-electron chi connectivity index (χ1n) is 6.63. The van der Waals surface area contributed by atoms with Crippen LogP contribution in [0.4, 0.5) is 14.9 Å². The van der Waals surface area contributed by atoms with Crippen molar-refractivity contribution in [2.45, 2.75) is 12.5 Å². The van der Waals surface area contributed by atoms with Gasteiger partial charge in [0, 0.05) is 17.4 Å². The number of hydrogen-bond donors (Lipinski definition) is 3. The van der Waals surface area contributed by atoms with Crippen molar-refractivity contribution in [2.75, 3.05) is 5.73 Å². The number of halogens is 1. The molecule has 5 nitrogen and oxygen atoms in total. The molecule has 0 bridgehead atoms. The molecule has 0 aliphatic carbocycles. The van der Waals surface area contributed by atoms with E-state index < -0.39 is 18.0 Å². The highest BCUT2D eigenvalue weighted by Gasteiger charge is 2.16. The van der Waals surface area contributed by atoms with Gasteiger partial charge in [-0.3, -0.25) is 4.98 Å². The third kappa shape index (κ3) is 3.41. The fraction of sp³-hybridized carbons (Fsp3) is 0.125. The number of carboxylic acid groups (broad SMARTS) is 1. The lowest BCUT2D eigenvalue weighted by molar-refractivity contribution is 0.189. The van der Waals surface area contributed by atoms with Crippen molar-refractivity contribution in [2.24, 2.45) is 0 Å². The van der Waals surface area contributed by atoms with Gasteiger partial charge in [-0.2, -0.15) is 0 Å². The number of benzene rings is 1. The third-order valence-electron chi connectivity index (χ3n) is 3.17. The summed E-state index contributed by atoms with van der Waals surface area (Å²) in [5, 5.41) is 11.3. The molecule has 2 rings (SSSR count). The van der Waals surface area contributed by atoms with Gasteiger partial charge in [0.15, 0.2) is 0 Å². The summed E-state index contributed by atoms with van der Waals surface area (Å²) < 4.78 is 14.0. The number of nitrogens with one attached hydrogen (secondary N) is 1. The molecular weight excluding hydrogens is 285 g/mol. The summed E-state index contributed by atoms with van der Waals surface area (Å²) in [6, 6.07) is 7.16. The Kier molecular flexibility index (Phi) is 4.73. The molecule has 22 heavy (non-hydrogen) atoms. The van der Waals surface area contributed by atoms with Crippen molar-refractivity contribution in [1.29, 1.82) is 0 Å². The lowest BCUT2D eigenvalue weighted by Crippen LogP contribution is -2.27. The maximum atomic E-state index is 14.0. The van der Waals surface area contributed by atoms with Crippen molar-refractivity contribution in [3.63, 3.8) is 0 Å². The molecule has 0 unspecified atom stereocenters. The van der Waals surface area contributed by atoms with Crippen molar-refractivity contribution >= 4 is 11.8 Å². The quantitative estimate of drug-likeness (QED) is 0.583. The third-order valence-corrected chi connectivity index (χ3v) is 3.17. The number of amides is 1. The van der Waals surface area contributed by atoms with Crippen LogP contribution >= 0.6 is 0 Å². The number of aromatic nitrogens is 1. The van der Waals surface area contributed by atoms with Crippen molar-refractivity contribution < 1.29 is 14.3 Å². The van der Waals surface area contributed by atoms with Crippen LogP contribution in [0.1, 0.15) is 18.2 Å². The maximum Gasteiger partial charge on any atom is 0.405 e. The zero-order valence-corrected chi connectivity index (χ0v) is 11.8. The summed E-state index contributed by atoms with van der Waals surface area (Å²) >= 11 is 0. The molecule has 0 fully saturated rings. The number of nitrogen functional groups attached to an aromatic ring is 1. The fourth-order valence-electron chi connectivity index (χ4n) is 2.21. The monoisotopic (exact) mass is 301 g/mol. The number of rotatable bonds is 5. The molecule has 6 heteroatoms. The Hall–Kier alpha value is -2.89. The van der Waals surface area contributed by atoms with Gasteiger partial charge in [0.1, 0.15) is 5.82 Å². The van der Waals surface area contributed by atoms with E-state index in [1.165, 1.54) is 18.3 Å². The minimum absolute atomic E-state index is 0.277. The summed E-state index contributed by atoms with van der Waals surface area (Å²) in [6.45, 7) is 3.60. The number of pyridine rings is 1. The first-order chi connectivity index (χ1) is 10.5. The Balaban J connectivity index is 2.45. The van der Waals surface area contributed by atoms with Crippen molar-refractivity contribution in [3.8, 4) is 11.1 Å². The van der Waals surface area contributed by atoms with Crippen molar-refractivity contribution in [3.05, 3.63) is 60.7 Å². The highest BCUT2D eigenvalue weighted by Crippen LogP contribution is 2.30. The summed E-state index contributed by atoms with van der Waals surface area (Å²) in [5.74, 6) is -0.441. The molecule has 0 radical (unpaired) electrons. The Morgan fingerprint density at radius 1 is 1.50 bits per heavy atom. The smallest absolute Gasteiger partial charge is 0.405 e. The molecule has 1 amide bonds. The average molecular weight is 301 g/mol. The molecule has 2 aromatic rings. The predicted octanol–water partition coefficient (Wildman–Crippen LogP) is 3.35. The van der Waals surface area contributed by atoms with Crippen LogP contribution in [0.15, 0.2) is 49.2 Å². The van der Waals surface area contributed by atoms with Gasteiger partial charge in [-0.25, -0.2) is 9.18 Å². The van der Waals surface area contributed by atoms with Crippen LogP contribution in [0.3, 0.4) is 0 Å². The second-order valence-electron chi connectivity index (χ2n) is 4.70. The van der Waals surface area contributed by atoms with E-state index >= 15 is 0 Å². The standard InChI is InChI=1S/C16H16FN3O2/c1-2-4-13(20-16(21)22)14-9-10(7-8-19-14)15-11(17)5-3-6-12(15)18/h2-3,5-9,13,20H,1,4,18H2,(H,21,22)/t13-/m0/s1. The molecule has 1 atom stereocenters. The molecule has 114 valence electrons.